The van der Waals surface area contributed by atoms with E-state index in [1.807, 2.05) is 12.4 Å². The quantitative estimate of drug-likeness (QED) is 0.794. The Labute approximate surface area is 91.5 Å². The Balaban J connectivity index is 2.04. The van der Waals surface area contributed by atoms with Gasteiger partial charge < -0.3 is 10.2 Å². The first-order valence-corrected chi connectivity index (χ1v) is 5.64. The van der Waals surface area contributed by atoms with Gasteiger partial charge in [0, 0.05) is 25.3 Å². The van der Waals surface area contributed by atoms with Crippen LogP contribution in [0.1, 0.15) is 18.4 Å². The van der Waals surface area contributed by atoms with Gasteiger partial charge in [0.2, 0.25) is 0 Å². The molecule has 0 aromatic carbocycles. The maximum absolute atomic E-state index is 4.20. The highest BCUT2D eigenvalue weighted by Crippen LogP contribution is 2.22. The van der Waals surface area contributed by atoms with Crippen molar-refractivity contribution in [2.45, 2.75) is 25.8 Å². The topological polar surface area (TPSA) is 28.2 Å². The summed E-state index contributed by atoms with van der Waals surface area (Å²) >= 11 is 0. The molecule has 0 spiro atoms. The van der Waals surface area contributed by atoms with Crippen LogP contribution in [-0.2, 0) is 0 Å². The van der Waals surface area contributed by atoms with Crippen molar-refractivity contribution in [1.29, 1.82) is 0 Å². The van der Waals surface area contributed by atoms with Crippen LogP contribution >= 0.6 is 0 Å². The Bertz CT molecular complexity index is 316. The second-order valence-electron chi connectivity index (χ2n) is 4.21. The summed E-state index contributed by atoms with van der Waals surface area (Å²) in [7, 11) is 2.05. The van der Waals surface area contributed by atoms with Crippen molar-refractivity contribution in [3.63, 3.8) is 0 Å². The number of rotatable bonds is 2. The number of piperidine rings is 1. The summed E-state index contributed by atoms with van der Waals surface area (Å²) in [6.45, 7) is 4.43. The molecule has 0 bridgehead atoms. The minimum atomic E-state index is 0.693. The molecule has 0 saturated carbocycles. The Morgan fingerprint density at radius 3 is 2.73 bits per heavy atom. The summed E-state index contributed by atoms with van der Waals surface area (Å²) in [5, 5.41) is 3.35. The van der Waals surface area contributed by atoms with Crippen LogP contribution in [0.3, 0.4) is 0 Å². The second kappa shape index (κ2) is 4.62. The van der Waals surface area contributed by atoms with Crippen LogP contribution in [0.25, 0.3) is 0 Å². The lowest BCUT2D eigenvalue weighted by Crippen LogP contribution is -2.41. The van der Waals surface area contributed by atoms with Crippen LogP contribution in [0, 0.1) is 6.92 Å². The fraction of sp³-hybridized carbons (Fsp3) is 0.583. The second-order valence-corrected chi connectivity index (χ2v) is 4.21. The first-order valence-electron chi connectivity index (χ1n) is 5.64. The van der Waals surface area contributed by atoms with Crippen molar-refractivity contribution < 1.29 is 0 Å². The van der Waals surface area contributed by atoms with Crippen LogP contribution in [0.2, 0.25) is 0 Å². The van der Waals surface area contributed by atoms with Gasteiger partial charge in [0.05, 0.1) is 11.9 Å². The third kappa shape index (κ3) is 2.29. The molecule has 3 nitrogen and oxygen atoms in total. The normalized spacial score (nSPS) is 18.1. The van der Waals surface area contributed by atoms with E-state index < -0.39 is 0 Å². The lowest BCUT2D eigenvalue weighted by Gasteiger charge is -2.34. The van der Waals surface area contributed by atoms with Crippen molar-refractivity contribution in [2.24, 2.45) is 0 Å². The molecular weight excluding hydrogens is 186 g/mol. The van der Waals surface area contributed by atoms with E-state index in [-0.39, 0.29) is 0 Å². The maximum atomic E-state index is 4.20. The molecular formula is C12H19N3. The van der Waals surface area contributed by atoms with E-state index in [2.05, 4.69) is 35.2 Å². The zero-order valence-corrected chi connectivity index (χ0v) is 9.53. The van der Waals surface area contributed by atoms with Crippen molar-refractivity contribution in [1.82, 2.24) is 10.3 Å². The average Bonchev–Trinajstić information content (AvgIpc) is 2.30. The highest BCUT2D eigenvalue weighted by molar-refractivity contribution is 5.51. The molecule has 1 fully saturated rings. The lowest BCUT2D eigenvalue weighted by atomic mass is 10.0. The van der Waals surface area contributed by atoms with Gasteiger partial charge in [-0.1, -0.05) is 0 Å². The Morgan fingerprint density at radius 2 is 2.13 bits per heavy atom. The molecule has 0 unspecified atom stereocenters. The molecule has 1 aliphatic heterocycles. The number of pyridine rings is 1. The van der Waals surface area contributed by atoms with Crippen LogP contribution in [0.4, 0.5) is 5.69 Å². The highest BCUT2D eigenvalue weighted by Gasteiger charge is 2.18. The molecule has 3 heteroatoms. The monoisotopic (exact) mass is 205 g/mol. The van der Waals surface area contributed by atoms with E-state index in [0.29, 0.717) is 6.04 Å². The van der Waals surface area contributed by atoms with Crippen LogP contribution < -0.4 is 10.2 Å². The number of aromatic nitrogens is 1. The Kier molecular flexibility index (Phi) is 3.21. The first-order chi connectivity index (χ1) is 7.31. The molecule has 15 heavy (non-hydrogen) atoms. The van der Waals surface area contributed by atoms with Gasteiger partial charge in [-0.3, -0.25) is 4.98 Å². The molecule has 1 N–H and O–H groups in total. The molecule has 1 aliphatic rings. The number of aryl methyl sites for hydroxylation is 1. The van der Waals surface area contributed by atoms with Crippen LogP contribution in [-0.4, -0.2) is 31.2 Å². The minimum Gasteiger partial charge on any atom is -0.370 e. The van der Waals surface area contributed by atoms with Crippen molar-refractivity contribution in [3.05, 3.63) is 24.0 Å². The van der Waals surface area contributed by atoms with Gasteiger partial charge in [0.1, 0.15) is 0 Å². The van der Waals surface area contributed by atoms with Crippen LogP contribution in [0.15, 0.2) is 18.5 Å². The van der Waals surface area contributed by atoms with E-state index in [1.54, 1.807) is 0 Å². The summed E-state index contributed by atoms with van der Waals surface area (Å²) < 4.78 is 0. The van der Waals surface area contributed by atoms with Gasteiger partial charge in [0.25, 0.3) is 0 Å². The van der Waals surface area contributed by atoms with Crippen molar-refractivity contribution in [2.75, 3.05) is 25.0 Å². The largest absolute Gasteiger partial charge is 0.370 e. The number of nitrogens with one attached hydrogen (secondary N) is 1. The van der Waals surface area contributed by atoms with Gasteiger partial charge in [-0.25, -0.2) is 0 Å². The summed E-state index contributed by atoms with van der Waals surface area (Å²) in [5.41, 5.74) is 2.62. The standard InChI is InChI=1S/C12H19N3/c1-10-3-6-14-9-12(10)15-7-4-11(13-2)5-8-15/h3,6,9,11,13H,4-5,7-8H2,1-2H3. The van der Waals surface area contributed by atoms with E-state index in [0.717, 1.165) is 13.1 Å². The lowest BCUT2D eigenvalue weighted by molar-refractivity contribution is 0.442. The Hall–Kier alpha value is -1.09. The summed E-state index contributed by atoms with van der Waals surface area (Å²) in [4.78, 5) is 6.64. The predicted molar refractivity (Wildman–Crippen MR) is 63.3 cm³/mol. The van der Waals surface area contributed by atoms with Gasteiger partial charge in [-0.05, 0) is 38.4 Å². The SMILES string of the molecule is CNC1CCN(c2cnccc2C)CC1. The number of anilines is 1. The molecule has 0 atom stereocenters. The fourth-order valence-electron chi connectivity index (χ4n) is 2.20. The van der Waals surface area contributed by atoms with Crippen molar-refractivity contribution >= 4 is 5.69 Å². The summed E-state index contributed by atoms with van der Waals surface area (Å²) in [6.07, 6.45) is 6.30. The average molecular weight is 205 g/mol. The molecule has 1 saturated heterocycles. The molecule has 0 radical (unpaired) electrons. The van der Waals surface area contributed by atoms with E-state index in [4.69, 9.17) is 0 Å². The molecule has 2 rings (SSSR count). The third-order valence-corrected chi connectivity index (χ3v) is 3.26. The molecule has 1 aromatic rings. The summed E-state index contributed by atoms with van der Waals surface area (Å²) in [6, 6.07) is 2.78. The van der Waals surface area contributed by atoms with Gasteiger partial charge in [-0.15, -0.1) is 0 Å². The number of nitrogens with zero attached hydrogens (tertiary/aromatic N) is 2. The van der Waals surface area contributed by atoms with Gasteiger partial charge in [-0.2, -0.15) is 0 Å². The van der Waals surface area contributed by atoms with Crippen LogP contribution in [0.5, 0.6) is 0 Å². The van der Waals surface area contributed by atoms with Gasteiger partial charge >= 0.3 is 0 Å². The van der Waals surface area contributed by atoms with E-state index in [9.17, 15) is 0 Å². The molecule has 2 heterocycles. The van der Waals surface area contributed by atoms with E-state index in [1.165, 1.54) is 24.1 Å². The highest BCUT2D eigenvalue weighted by atomic mass is 15.2. The molecule has 0 amide bonds. The van der Waals surface area contributed by atoms with E-state index >= 15 is 0 Å². The number of hydrogen-bond donors (Lipinski definition) is 1. The summed E-state index contributed by atoms with van der Waals surface area (Å²) in [5.74, 6) is 0. The minimum absolute atomic E-state index is 0.693. The molecule has 1 aromatic heterocycles. The maximum Gasteiger partial charge on any atom is 0.0582 e. The third-order valence-electron chi connectivity index (χ3n) is 3.26. The zero-order valence-electron chi connectivity index (χ0n) is 9.53. The number of hydrogen-bond acceptors (Lipinski definition) is 3. The fourth-order valence-corrected chi connectivity index (χ4v) is 2.20. The molecule has 82 valence electrons. The first kappa shape index (κ1) is 10.4. The predicted octanol–water partition coefficient (Wildman–Crippen LogP) is 1.58. The smallest absolute Gasteiger partial charge is 0.0582 e. The Morgan fingerprint density at radius 1 is 1.40 bits per heavy atom. The van der Waals surface area contributed by atoms with Gasteiger partial charge in [0.15, 0.2) is 0 Å². The van der Waals surface area contributed by atoms with Crippen molar-refractivity contribution in [3.8, 4) is 0 Å². The zero-order chi connectivity index (χ0) is 10.7. The molecule has 0 aliphatic carbocycles.